The summed E-state index contributed by atoms with van der Waals surface area (Å²) in [6.07, 6.45) is 5.86. The maximum atomic E-state index is 11.2. The first-order valence-electron chi connectivity index (χ1n) is 7.08. The fraction of sp³-hybridized carbons (Fsp3) is 0.929. The van der Waals surface area contributed by atoms with Crippen LogP contribution in [0.25, 0.3) is 0 Å². The molecule has 2 aliphatic heterocycles. The number of fused-ring (bicyclic) bond motifs is 2. The van der Waals surface area contributed by atoms with Gasteiger partial charge in [0.25, 0.3) is 0 Å². The number of carbonyl (C=O) groups is 1. The molecular formula is C14H23NO2. The molecule has 3 atom stereocenters. The monoisotopic (exact) mass is 237 g/mol. The first-order chi connectivity index (χ1) is 8.08. The zero-order valence-electron chi connectivity index (χ0n) is 10.8. The first-order valence-corrected chi connectivity index (χ1v) is 7.08. The summed E-state index contributed by atoms with van der Waals surface area (Å²) in [6, 6.07) is 1.64. The van der Waals surface area contributed by atoms with Crippen LogP contribution in [0, 0.1) is 17.8 Å². The Morgan fingerprint density at radius 3 is 2.41 bits per heavy atom. The Kier molecular flexibility index (Phi) is 2.69. The standard InChI is InChI=1S/C14H23NO2/c1-8(2)9-5-11(6-9)15-10-3-4-13(15)12(7-10)14(16)17/h8-13H,3-7H2,1-2H3,(H,16,17). The third kappa shape index (κ3) is 1.70. The van der Waals surface area contributed by atoms with Gasteiger partial charge in [-0.2, -0.15) is 0 Å². The van der Waals surface area contributed by atoms with Crippen molar-refractivity contribution in [3.05, 3.63) is 0 Å². The van der Waals surface area contributed by atoms with Crippen molar-refractivity contribution in [2.75, 3.05) is 0 Å². The van der Waals surface area contributed by atoms with Gasteiger partial charge < -0.3 is 5.11 Å². The quantitative estimate of drug-likeness (QED) is 0.819. The highest BCUT2D eigenvalue weighted by Crippen LogP contribution is 2.48. The van der Waals surface area contributed by atoms with Gasteiger partial charge in [0.15, 0.2) is 0 Å². The van der Waals surface area contributed by atoms with Crippen molar-refractivity contribution in [2.45, 2.75) is 64.1 Å². The Balaban J connectivity index is 1.65. The molecule has 0 amide bonds. The number of carboxylic acid groups (broad SMARTS) is 1. The van der Waals surface area contributed by atoms with E-state index in [1.807, 2.05) is 0 Å². The van der Waals surface area contributed by atoms with E-state index < -0.39 is 5.97 Å². The fourth-order valence-corrected chi connectivity index (χ4v) is 4.28. The number of hydrogen-bond donors (Lipinski definition) is 1. The smallest absolute Gasteiger partial charge is 0.308 e. The fourth-order valence-electron chi connectivity index (χ4n) is 4.28. The highest BCUT2D eigenvalue weighted by atomic mass is 16.4. The minimum absolute atomic E-state index is 0.0770. The van der Waals surface area contributed by atoms with Gasteiger partial charge in [-0.15, -0.1) is 0 Å². The lowest BCUT2D eigenvalue weighted by Gasteiger charge is -2.45. The van der Waals surface area contributed by atoms with Crippen molar-refractivity contribution < 1.29 is 9.90 Å². The summed E-state index contributed by atoms with van der Waals surface area (Å²) in [5, 5.41) is 9.24. The molecule has 17 heavy (non-hydrogen) atoms. The lowest BCUT2D eigenvalue weighted by Crippen LogP contribution is -2.49. The molecule has 1 aliphatic carbocycles. The Bertz CT molecular complexity index is 322. The van der Waals surface area contributed by atoms with E-state index in [-0.39, 0.29) is 5.92 Å². The van der Waals surface area contributed by atoms with Crippen LogP contribution in [-0.2, 0) is 4.79 Å². The number of rotatable bonds is 3. The molecule has 3 aliphatic rings. The summed E-state index contributed by atoms with van der Waals surface area (Å²) in [4.78, 5) is 13.8. The van der Waals surface area contributed by atoms with Gasteiger partial charge in [-0.05, 0) is 43.9 Å². The minimum Gasteiger partial charge on any atom is -0.481 e. The van der Waals surface area contributed by atoms with Crippen molar-refractivity contribution in [3.8, 4) is 0 Å². The summed E-state index contributed by atoms with van der Waals surface area (Å²) in [5.41, 5.74) is 0. The van der Waals surface area contributed by atoms with Crippen molar-refractivity contribution in [1.29, 1.82) is 0 Å². The van der Waals surface area contributed by atoms with E-state index >= 15 is 0 Å². The van der Waals surface area contributed by atoms with Crippen molar-refractivity contribution >= 4 is 5.97 Å². The molecule has 0 radical (unpaired) electrons. The van der Waals surface area contributed by atoms with Crippen molar-refractivity contribution in [3.63, 3.8) is 0 Å². The van der Waals surface area contributed by atoms with Crippen LogP contribution in [0.15, 0.2) is 0 Å². The maximum absolute atomic E-state index is 11.2. The number of carboxylic acids is 1. The van der Waals surface area contributed by atoms with Gasteiger partial charge in [-0.25, -0.2) is 0 Å². The minimum atomic E-state index is -0.568. The predicted octanol–water partition coefficient (Wildman–Crippen LogP) is 2.36. The molecule has 0 aromatic carbocycles. The van der Waals surface area contributed by atoms with Crippen molar-refractivity contribution in [2.24, 2.45) is 17.8 Å². The molecule has 2 heterocycles. The molecule has 3 heteroatoms. The zero-order valence-corrected chi connectivity index (χ0v) is 10.8. The lowest BCUT2D eigenvalue weighted by molar-refractivity contribution is -0.142. The average Bonchev–Trinajstić information content (AvgIpc) is 2.73. The molecule has 1 saturated carbocycles. The molecular weight excluding hydrogens is 214 g/mol. The molecule has 2 bridgehead atoms. The van der Waals surface area contributed by atoms with Gasteiger partial charge in [-0.3, -0.25) is 9.69 Å². The van der Waals surface area contributed by atoms with Crippen LogP contribution in [0.2, 0.25) is 0 Å². The van der Waals surface area contributed by atoms with Gasteiger partial charge in [0.2, 0.25) is 0 Å². The van der Waals surface area contributed by atoms with Crippen LogP contribution in [0.5, 0.6) is 0 Å². The SMILES string of the molecule is CC(C)C1CC(N2C3CCC2C(C(=O)O)C3)C1. The second-order valence-corrected chi connectivity index (χ2v) is 6.56. The highest BCUT2D eigenvalue weighted by Gasteiger charge is 2.53. The average molecular weight is 237 g/mol. The third-order valence-corrected chi connectivity index (χ3v) is 5.42. The van der Waals surface area contributed by atoms with E-state index in [1.54, 1.807) is 0 Å². The lowest BCUT2D eigenvalue weighted by atomic mass is 9.73. The molecule has 3 unspecified atom stereocenters. The third-order valence-electron chi connectivity index (χ3n) is 5.42. The van der Waals surface area contributed by atoms with Crippen LogP contribution in [-0.4, -0.2) is 34.1 Å². The largest absolute Gasteiger partial charge is 0.481 e. The summed E-state index contributed by atoms with van der Waals surface area (Å²) < 4.78 is 0. The molecule has 1 N–H and O–H groups in total. The first kappa shape index (κ1) is 11.5. The summed E-state index contributed by atoms with van der Waals surface area (Å²) in [7, 11) is 0. The van der Waals surface area contributed by atoms with Gasteiger partial charge in [0.1, 0.15) is 0 Å². The van der Waals surface area contributed by atoms with E-state index in [0.29, 0.717) is 18.1 Å². The molecule has 96 valence electrons. The maximum Gasteiger partial charge on any atom is 0.308 e. The van der Waals surface area contributed by atoms with E-state index in [1.165, 1.54) is 19.3 Å². The molecule has 3 rings (SSSR count). The Morgan fingerprint density at radius 1 is 1.18 bits per heavy atom. The number of nitrogens with zero attached hydrogens (tertiary/aromatic N) is 1. The normalized spacial score (nSPS) is 45.2. The Morgan fingerprint density at radius 2 is 1.88 bits per heavy atom. The van der Waals surface area contributed by atoms with E-state index in [4.69, 9.17) is 0 Å². The van der Waals surface area contributed by atoms with Crippen molar-refractivity contribution in [1.82, 2.24) is 4.90 Å². The zero-order chi connectivity index (χ0) is 12.2. The molecule has 3 nitrogen and oxygen atoms in total. The summed E-state index contributed by atoms with van der Waals surface area (Å²) >= 11 is 0. The number of aliphatic carboxylic acids is 1. The molecule has 0 aromatic rings. The number of hydrogen-bond acceptors (Lipinski definition) is 2. The Labute approximate surface area is 103 Å². The molecule has 0 aromatic heterocycles. The second kappa shape index (κ2) is 3.98. The van der Waals surface area contributed by atoms with Crippen LogP contribution in [0.3, 0.4) is 0 Å². The van der Waals surface area contributed by atoms with Crippen LogP contribution in [0.4, 0.5) is 0 Å². The van der Waals surface area contributed by atoms with E-state index in [9.17, 15) is 9.90 Å². The topological polar surface area (TPSA) is 40.5 Å². The summed E-state index contributed by atoms with van der Waals surface area (Å²) in [6.45, 7) is 4.61. The van der Waals surface area contributed by atoms with Gasteiger partial charge >= 0.3 is 5.97 Å². The van der Waals surface area contributed by atoms with E-state index in [0.717, 1.165) is 24.7 Å². The molecule has 0 spiro atoms. The van der Waals surface area contributed by atoms with Crippen LogP contribution >= 0.6 is 0 Å². The second-order valence-electron chi connectivity index (χ2n) is 6.56. The predicted molar refractivity (Wildman–Crippen MR) is 65.7 cm³/mol. The molecule has 2 saturated heterocycles. The van der Waals surface area contributed by atoms with Gasteiger partial charge in [0.05, 0.1) is 5.92 Å². The van der Waals surface area contributed by atoms with Crippen LogP contribution < -0.4 is 0 Å². The summed E-state index contributed by atoms with van der Waals surface area (Å²) in [5.74, 6) is 1.03. The molecule has 3 fully saturated rings. The van der Waals surface area contributed by atoms with Gasteiger partial charge in [-0.1, -0.05) is 13.8 Å². The van der Waals surface area contributed by atoms with E-state index in [2.05, 4.69) is 18.7 Å². The highest BCUT2D eigenvalue weighted by molar-refractivity contribution is 5.71. The van der Waals surface area contributed by atoms with Gasteiger partial charge in [0, 0.05) is 18.1 Å². The van der Waals surface area contributed by atoms with Crippen LogP contribution in [0.1, 0.15) is 46.0 Å². The Hall–Kier alpha value is -0.570.